The summed E-state index contributed by atoms with van der Waals surface area (Å²) >= 11 is 0.667. The molecule has 0 saturated carbocycles. The van der Waals surface area contributed by atoms with Crippen LogP contribution < -0.4 is 97.0 Å². The lowest BCUT2D eigenvalue weighted by Crippen LogP contribution is -2.62. The molecule has 1 aliphatic rings. The second-order valence-electron chi connectivity index (χ2n) is 36.3. The van der Waals surface area contributed by atoms with E-state index in [9.17, 15) is 53.7 Å². The molecule has 5 aromatic carbocycles. The third-order valence-electron chi connectivity index (χ3n) is 23.9. The Morgan fingerprint density at radius 1 is 0.476 bits per heavy atom. The van der Waals surface area contributed by atoms with Gasteiger partial charge in [0.25, 0.3) is 0 Å². The van der Waals surface area contributed by atoms with E-state index < -0.39 is 265 Å². The highest BCUT2D eigenvalue weighted by Gasteiger charge is 2.42. The number of aromatic nitrogens is 3. The van der Waals surface area contributed by atoms with E-state index in [1.807, 2.05) is 30.3 Å². The number of aromatic carboxylic acids is 1. The van der Waals surface area contributed by atoms with E-state index >= 15 is 47.9 Å². The first-order valence-corrected chi connectivity index (χ1v) is 48.4. The summed E-state index contributed by atoms with van der Waals surface area (Å²) in [7, 11) is 2.56. The summed E-state index contributed by atoms with van der Waals surface area (Å²) in [6, 6.07) is 12.9. The molecule has 1 aliphatic heterocycles. The van der Waals surface area contributed by atoms with Gasteiger partial charge in [-0.15, -0.1) is 11.8 Å². The maximum Gasteiger partial charge on any atom is 0.335 e. The molecular weight excluding hydrogens is 1900 g/mol. The number of rotatable bonds is 30. The number of carbonyl (C=O) groups excluding carboxylic acids is 16. The highest BCUT2D eigenvalue weighted by Crippen LogP contribution is 2.25. The minimum Gasteiger partial charge on any atom is -0.481 e. The number of imidazole rings is 1. The van der Waals surface area contributed by atoms with Gasteiger partial charge in [-0.3, -0.25) is 92.3 Å². The van der Waals surface area contributed by atoms with Crippen molar-refractivity contribution in [3.8, 4) is 11.1 Å². The van der Waals surface area contributed by atoms with E-state index in [0.29, 0.717) is 39.4 Å². The Labute approximate surface area is 841 Å². The van der Waals surface area contributed by atoms with Gasteiger partial charge in [-0.2, -0.15) is 0 Å². The summed E-state index contributed by atoms with van der Waals surface area (Å²) in [6.07, 6.45) is 0.523. The number of aliphatic carboxylic acids is 1. The first-order chi connectivity index (χ1) is 68.9. The number of carbonyl (C=O) groups is 18. The number of amides is 16. The molecule has 0 unspecified atom stereocenters. The van der Waals surface area contributed by atoms with Gasteiger partial charge in [-0.05, 0) is 108 Å². The second-order valence-corrected chi connectivity index (χ2v) is 37.3. The normalized spacial score (nSPS) is 22.3. The fraction of sp³-hybridized carbons (Fsp3) is 0.439. The largest absolute Gasteiger partial charge is 0.481 e. The average Bonchev–Trinajstić information content (AvgIpc) is 1.80. The zero-order chi connectivity index (χ0) is 106. The van der Waals surface area contributed by atoms with Gasteiger partial charge in [0.15, 0.2) is 11.9 Å². The third kappa shape index (κ3) is 36.0. The Bertz CT molecular complexity index is 5700. The van der Waals surface area contributed by atoms with Gasteiger partial charge >= 0.3 is 11.9 Å². The summed E-state index contributed by atoms with van der Waals surface area (Å²) in [5.41, 5.74) is 20.5. The van der Waals surface area contributed by atoms with Crippen molar-refractivity contribution >= 4 is 141 Å². The average molecular weight is 2030 g/mol. The maximum atomic E-state index is 15.6. The standard InChI is InChI=1S/C98H131N25O21S/c1-52(2)38-68-88(135)120-81(54(5)6)93(140)118-74(48-124)90(137)119-75(82(129)108-47-77(99)125)49-145-50-78(126)110-72(43-63-46-104-51-109-63)86(133)114-69(39-58-30-34-61(35-31-58)96(143)144)85(132)116-73(44-79(127)128)87(134)115-71(42-62-45-107-65-25-17-16-24-64(62)65)89(136)121-80(53(3)4)92(139)117-70(40-57-28-32-60(33-29-57)59-22-14-11-15-23-59)84(131)112-67(27-19-37-106-98(102)103)95(142)122(8)55(7)94(141)123(9)76(41-56-20-12-10-13-21-56)91(138)111-66(83(130)113-68)26-18-36-105-97(100)101/h10-17,20-25,28-35,45-46,51-55,66-76,80-81,107,124H,18-19,26-27,36-44,47-50H2,1-9H3,(H2,99,125)(H,104,109)(H,108,129)(H,110,126)(H,111,138)(H,112,131)(H,113,130)(H,114,133)(H,115,134)(H,116,132)(H,117,139)(H,118,140)(H,119,137)(H,120,135)(H,121,136)(H,127,128)(H,143,144)(H4,100,101,105)(H4,102,103,106)/t55-,66-,67-,68-,69-,70-,71-,72-,73-,74-,75-,76-,80-,81-/m0/s1. The van der Waals surface area contributed by atoms with Crippen molar-refractivity contribution in [3.05, 3.63) is 186 Å². The fourth-order valence-corrected chi connectivity index (χ4v) is 16.7. The van der Waals surface area contributed by atoms with Gasteiger partial charge in [-0.25, -0.2) is 9.78 Å². The number of nitrogens with zero attached hydrogens (tertiary/aromatic N) is 3. The van der Waals surface area contributed by atoms with E-state index in [4.69, 9.17) is 28.0 Å². The molecule has 0 radical (unpaired) electrons. The molecule has 0 spiro atoms. The third-order valence-corrected chi connectivity index (χ3v) is 24.9. The van der Waals surface area contributed by atoms with Crippen LogP contribution in [0.25, 0.3) is 22.0 Å². The number of benzene rings is 5. The molecule has 28 N–H and O–H groups in total. The molecule has 3 heterocycles. The van der Waals surface area contributed by atoms with Crippen LogP contribution in [0.5, 0.6) is 0 Å². The molecule has 0 aliphatic carbocycles. The van der Waals surface area contributed by atoms with Gasteiger partial charge in [0.05, 0.1) is 37.2 Å². The molecule has 1 saturated heterocycles. The summed E-state index contributed by atoms with van der Waals surface area (Å²) in [5, 5.41) is 86.4. The Balaban J connectivity index is 1.24. The van der Waals surface area contributed by atoms with E-state index in [1.165, 1.54) is 77.9 Å². The lowest BCUT2D eigenvalue weighted by atomic mass is 9.98. The summed E-state index contributed by atoms with van der Waals surface area (Å²) in [6.45, 7) is 8.97. The first-order valence-electron chi connectivity index (χ1n) is 47.2. The van der Waals surface area contributed by atoms with Crippen LogP contribution >= 0.6 is 11.8 Å². The molecule has 14 atom stereocenters. The Morgan fingerprint density at radius 3 is 1.48 bits per heavy atom. The van der Waals surface area contributed by atoms with E-state index in [1.54, 1.807) is 107 Å². The number of aliphatic hydroxyl groups excluding tert-OH is 1. The summed E-state index contributed by atoms with van der Waals surface area (Å²) in [4.78, 5) is 275. The highest BCUT2D eigenvalue weighted by molar-refractivity contribution is 8.00. The maximum absolute atomic E-state index is 15.6. The van der Waals surface area contributed by atoms with Gasteiger partial charge in [-0.1, -0.05) is 157 Å². The zero-order valence-electron chi connectivity index (χ0n) is 81.9. The molecule has 1 fully saturated rings. The number of guanidine groups is 2. The molecule has 145 heavy (non-hydrogen) atoms. The first kappa shape index (κ1) is 114. The van der Waals surface area contributed by atoms with Crippen LogP contribution in [0.2, 0.25) is 0 Å². The monoisotopic (exact) mass is 2030 g/mol. The predicted octanol–water partition coefficient (Wildman–Crippen LogP) is -2.04. The van der Waals surface area contributed by atoms with Crippen LogP contribution in [0.4, 0.5) is 0 Å². The number of aliphatic hydroxyl groups is 1. The molecule has 7 aromatic rings. The van der Waals surface area contributed by atoms with Crippen molar-refractivity contribution < 1.29 is 102 Å². The van der Waals surface area contributed by atoms with E-state index in [0.717, 1.165) is 20.9 Å². The Morgan fingerprint density at radius 2 is 0.938 bits per heavy atom. The van der Waals surface area contributed by atoms with Crippen LogP contribution in [0, 0.1) is 28.6 Å². The van der Waals surface area contributed by atoms with Crippen molar-refractivity contribution in [1.82, 2.24) is 105 Å². The topological polar surface area (TPSA) is 725 Å². The molecule has 46 nitrogen and oxygen atoms in total. The number of primary amides is 1. The number of aromatic amines is 2. The number of para-hydroxylation sites is 1. The number of carboxylic acid groups (broad SMARTS) is 2. The number of fused-ring (bicyclic) bond motifs is 1. The van der Waals surface area contributed by atoms with Gasteiger partial charge in [0.1, 0.15) is 84.6 Å². The lowest BCUT2D eigenvalue weighted by molar-refractivity contribution is -0.148. The predicted molar refractivity (Wildman–Crippen MR) is 535 cm³/mol. The van der Waals surface area contributed by atoms with Gasteiger partial charge in [0.2, 0.25) is 94.5 Å². The summed E-state index contributed by atoms with van der Waals surface area (Å²) in [5.74, 6) is -23.8. The number of likely N-dealkylation sites (N-methyl/N-ethyl adjacent to an activating group) is 2. The van der Waals surface area contributed by atoms with Gasteiger partial charge in [0, 0.05) is 94.0 Å². The Hall–Kier alpha value is -15.8. The van der Waals surface area contributed by atoms with Crippen molar-refractivity contribution in [2.45, 2.75) is 204 Å². The molecule has 0 bridgehead atoms. The van der Waals surface area contributed by atoms with Crippen LogP contribution in [0.3, 0.4) is 0 Å². The van der Waals surface area contributed by atoms with Crippen LogP contribution in [0.15, 0.2) is 152 Å². The smallest absolute Gasteiger partial charge is 0.335 e. The second kappa shape index (κ2) is 56.1. The van der Waals surface area contributed by atoms with Crippen LogP contribution in [-0.2, 0) is 114 Å². The number of carboxylic acids is 2. The van der Waals surface area contributed by atoms with Crippen molar-refractivity contribution in [3.63, 3.8) is 0 Å². The SMILES string of the molecule is CC(C)C[C@@H]1NC(=O)[C@H](CCCNC(=N)N)NC(=O)[C@H](Cc2ccccc2)N(C)C(=O)[C@H](C)N(C)C(=O)[C@H](CCCNC(=N)N)NC(=O)[C@H](Cc2ccc(-c3ccccc3)cc2)NC(=O)[C@H](C(C)C)NC(=O)[C@H](Cc2c[nH]c3ccccc23)NC(=O)[C@H](CC(=O)O)NC(=O)[C@H](Cc2ccc(C(=O)O)cc2)NC(=O)[C@H](Cc2cnc[nH]2)NC(=O)CSC[C@@H](C(=O)NCC(N)=O)NC(=O)[C@H](CO)NC(=O)[C@H](C(C)C)NC1=O. The Kier molecular flexibility index (Phi) is 44.3. The number of thioether (sulfide) groups is 1. The van der Waals surface area contributed by atoms with Crippen LogP contribution in [0.1, 0.15) is 125 Å². The van der Waals surface area contributed by atoms with Crippen molar-refractivity contribution in [2.75, 3.05) is 51.8 Å². The van der Waals surface area contributed by atoms with Gasteiger partial charge < -0.3 is 132 Å². The number of H-pyrrole nitrogens is 2. The van der Waals surface area contributed by atoms with Crippen molar-refractivity contribution in [1.29, 1.82) is 10.8 Å². The molecular formula is C98H131N25O21S. The quantitative estimate of drug-likeness (QED) is 0.0131. The molecule has 47 heteroatoms. The fourth-order valence-electron chi connectivity index (χ4n) is 15.8. The number of nitrogens with one attached hydrogen (secondary N) is 19. The molecule has 8 rings (SSSR count). The van der Waals surface area contributed by atoms with Crippen molar-refractivity contribution in [2.24, 2.45) is 35.0 Å². The minimum atomic E-state index is -2.14. The highest BCUT2D eigenvalue weighted by atomic mass is 32.2. The van der Waals surface area contributed by atoms with E-state index in [2.05, 4.69) is 94.7 Å². The number of hydrogen-bond acceptors (Lipinski definition) is 23. The van der Waals surface area contributed by atoms with Crippen LogP contribution in [-0.4, -0.2) is 295 Å². The molecule has 2 aromatic heterocycles. The molecule has 16 amide bonds. The van der Waals surface area contributed by atoms with E-state index in [-0.39, 0.29) is 80.8 Å². The number of hydrogen-bond donors (Lipinski definition) is 25. The number of nitrogens with two attached hydrogens (primary N) is 3. The summed E-state index contributed by atoms with van der Waals surface area (Å²) < 4.78 is 0. The minimum absolute atomic E-state index is 0.0137. The zero-order valence-corrected chi connectivity index (χ0v) is 82.8. The lowest BCUT2D eigenvalue weighted by Gasteiger charge is -2.35. The molecule has 780 valence electrons.